The quantitative estimate of drug-likeness (QED) is 0.476. The molecule has 4 unspecified atom stereocenters. The van der Waals surface area contributed by atoms with Crippen LogP contribution in [0.5, 0.6) is 0 Å². The molecule has 2 bridgehead atoms. The SMILES string of the molecule is C1CC2OC3CC1C2C3. The van der Waals surface area contributed by atoms with E-state index in [0.717, 1.165) is 11.8 Å². The third-order valence-electron chi connectivity index (χ3n) is 3.37. The van der Waals surface area contributed by atoms with E-state index in [4.69, 9.17) is 4.74 Å². The summed E-state index contributed by atoms with van der Waals surface area (Å²) in [4.78, 5) is 0. The van der Waals surface area contributed by atoms with Gasteiger partial charge in [-0.25, -0.2) is 0 Å². The molecule has 0 radical (unpaired) electrons. The van der Waals surface area contributed by atoms with Crippen LogP contribution < -0.4 is 0 Å². The van der Waals surface area contributed by atoms with Gasteiger partial charge in [-0.1, -0.05) is 0 Å². The summed E-state index contributed by atoms with van der Waals surface area (Å²) in [6.45, 7) is 0. The largest absolute Gasteiger partial charge is 0.375 e. The lowest BCUT2D eigenvalue weighted by molar-refractivity contribution is 0.0131. The van der Waals surface area contributed by atoms with Crippen LogP contribution in [0.25, 0.3) is 0 Å². The molecule has 1 heterocycles. The lowest BCUT2D eigenvalue weighted by Crippen LogP contribution is -2.18. The zero-order chi connectivity index (χ0) is 5.84. The fourth-order valence-electron chi connectivity index (χ4n) is 3.01. The molecule has 2 saturated carbocycles. The number of rotatable bonds is 0. The van der Waals surface area contributed by atoms with Gasteiger partial charge >= 0.3 is 0 Å². The van der Waals surface area contributed by atoms with Crippen LogP contribution >= 0.6 is 0 Å². The Balaban J connectivity index is 2.02. The summed E-state index contributed by atoms with van der Waals surface area (Å²) >= 11 is 0. The van der Waals surface area contributed by atoms with Crippen LogP contribution in [0, 0.1) is 11.8 Å². The van der Waals surface area contributed by atoms with E-state index in [0.29, 0.717) is 12.2 Å². The maximum atomic E-state index is 5.75. The Kier molecular flexibility index (Phi) is 0.704. The molecule has 1 aliphatic heterocycles. The highest BCUT2D eigenvalue weighted by atomic mass is 16.5. The molecule has 9 heavy (non-hydrogen) atoms. The summed E-state index contributed by atoms with van der Waals surface area (Å²) < 4.78 is 5.75. The van der Waals surface area contributed by atoms with Crippen molar-refractivity contribution >= 4 is 0 Å². The average molecular weight is 124 g/mol. The fraction of sp³-hybridized carbons (Fsp3) is 1.00. The second kappa shape index (κ2) is 1.34. The summed E-state index contributed by atoms with van der Waals surface area (Å²) in [5.41, 5.74) is 0. The zero-order valence-corrected chi connectivity index (χ0v) is 5.55. The highest BCUT2D eigenvalue weighted by Gasteiger charge is 2.50. The second-order valence-corrected chi connectivity index (χ2v) is 3.77. The molecule has 0 amide bonds. The van der Waals surface area contributed by atoms with E-state index in [-0.39, 0.29) is 0 Å². The summed E-state index contributed by atoms with van der Waals surface area (Å²) in [5.74, 6) is 2.07. The van der Waals surface area contributed by atoms with Crippen LogP contribution in [0.15, 0.2) is 0 Å². The van der Waals surface area contributed by atoms with Gasteiger partial charge in [-0.2, -0.15) is 0 Å². The van der Waals surface area contributed by atoms with Gasteiger partial charge in [0.1, 0.15) is 0 Å². The van der Waals surface area contributed by atoms with Gasteiger partial charge in [0.05, 0.1) is 12.2 Å². The predicted molar refractivity (Wildman–Crippen MR) is 34.1 cm³/mol. The molecule has 0 aromatic heterocycles. The Morgan fingerprint density at radius 3 is 2.78 bits per heavy atom. The summed E-state index contributed by atoms with van der Waals surface area (Å²) in [6.07, 6.45) is 7.01. The summed E-state index contributed by atoms with van der Waals surface area (Å²) in [6, 6.07) is 0. The summed E-state index contributed by atoms with van der Waals surface area (Å²) in [7, 11) is 0. The highest BCUT2D eigenvalue weighted by Crippen LogP contribution is 2.52. The third kappa shape index (κ3) is 0.454. The van der Waals surface area contributed by atoms with E-state index >= 15 is 0 Å². The average Bonchev–Trinajstić information content (AvgIpc) is 2.35. The maximum Gasteiger partial charge on any atom is 0.0610 e. The van der Waals surface area contributed by atoms with E-state index in [1.165, 1.54) is 25.7 Å². The van der Waals surface area contributed by atoms with Crippen LogP contribution in [0.1, 0.15) is 25.7 Å². The van der Waals surface area contributed by atoms with Crippen LogP contribution in [-0.2, 0) is 4.74 Å². The van der Waals surface area contributed by atoms with Crippen LogP contribution in [0.4, 0.5) is 0 Å². The number of ether oxygens (including phenoxy) is 1. The number of hydrogen-bond acceptors (Lipinski definition) is 1. The fourth-order valence-corrected chi connectivity index (χ4v) is 3.01. The Hall–Kier alpha value is -0.0400. The van der Waals surface area contributed by atoms with Crippen molar-refractivity contribution in [2.45, 2.75) is 37.9 Å². The predicted octanol–water partition coefficient (Wildman–Crippen LogP) is 1.57. The first-order valence-corrected chi connectivity index (χ1v) is 4.09. The van der Waals surface area contributed by atoms with Gasteiger partial charge in [-0.15, -0.1) is 0 Å². The molecule has 1 saturated heterocycles. The van der Waals surface area contributed by atoms with Gasteiger partial charge in [-0.3, -0.25) is 0 Å². The topological polar surface area (TPSA) is 9.23 Å². The first-order valence-electron chi connectivity index (χ1n) is 4.09. The molecule has 4 atom stereocenters. The first kappa shape index (κ1) is 4.73. The summed E-state index contributed by atoms with van der Waals surface area (Å²) in [5, 5.41) is 0. The van der Waals surface area contributed by atoms with Crippen molar-refractivity contribution in [1.29, 1.82) is 0 Å². The van der Waals surface area contributed by atoms with Crippen molar-refractivity contribution in [3.05, 3.63) is 0 Å². The van der Waals surface area contributed by atoms with Gasteiger partial charge in [0, 0.05) is 0 Å². The van der Waals surface area contributed by atoms with E-state index in [1.807, 2.05) is 0 Å². The number of hydrogen-bond donors (Lipinski definition) is 0. The number of fused-ring (bicyclic) bond motifs is 1. The molecule has 50 valence electrons. The maximum absolute atomic E-state index is 5.75. The smallest absolute Gasteiger partial charge is 0.0610 e. The third-order valence-corrected chi connectivity index (χ3v) is 3.37. The normalized spacial score (nSPS) is 61.3. The van der Waals surface area contributed by atoms with Crippen LogP contribution in [0.2, 0.25) is 0 Å². The van der Waals surface area contributed by atoms with Gasteiger partial charge in [-0.05, 0) is 37.5 Å². The Bertz CT molecular complexity index is 127. The first-order chi connectivity index (χ1) is 4.43. The standard InChI is InChI=1S/C8H12O/c1-2-8-7-4-6(9-8)3-5(1)7/h5-8H,1-4H2. The minimum Gasteiger partial charge on any atom is -0.375 e. The lowest BCUT2D eigenvalue weighted by atomic mass is 9.99. The Labute approximate surface area is 55.4 Å². The van der Waals surface area contributed by atoms with Crippen molar-refractivity contribution < 1.29 is 4.74 Å². The van der Waals surface area contributed by atoms with E-state index in [1.54, 1.807) is 0 Å². The van der Waals surface area contributed by atoms with Crippen LogP contribution in [-0.4, -0.2) is 12.2 Å². The molecule has 1 heteroatoms. The molecule has 3 fully saturated rings. The molecule has 0 aromatic rings. The van der Waals surface area contributed by atoms with Gasteiger partial charge < -0.3 is 4.74 Å². The van der Waals surface area contributed by atoms with Crippen molar-refractivity contribution in [3.8, 4) is 0 Å². The molecule has 3 rings (SSSR count). The monoisotopic (exact) mass is 124 g/mol. The van der Waals surface area contributed by atoms with Crippen LogP contribution in [0.3, 0.4) is 0 Å². The van der Waals surface area contributed by atoms with Gasteiger partial charge in [0.25, 0.3) is 0 Å². The van der Waals surface area contributed by atoms with E-state index in [9.17, 15) is 0 Å². The zero-order valence-electron chi connectivity index (χ0n) is 5.55. The van der Waals surface area contributed by atoms with E-state index < -0.39 is 0 Å². The van der Waals surface area contributed by atoms with E-state index in [2.05, 4.69) is 0 Å². The Morgan fingerprint density at radius 1 is 1.11 bits per heavy atom. The molecule has 2 aliphatic carbocycles. The highest BCUT2D eigenvalue weighted by molar-refractivity contribution is 4.99. The van der Waals surface area contributed by atoms with Crippen molar-refractivity contribution in [3.63, 3.8) is 0 Å². The molecular formula is C8H12O. The van der Waals surface area contributed by atoms with Gasteiger partial charge in [0.15, 0.2) is 0 Å². The minimum absolute atomic E-state index is 0.687. The van der Waals surface area contributed by atoms with Crippen molar-refractivity contribution in [2.24, 2.45) is 11.8 Å². The molecule has 0 aromatic carbocycles. The van der Waals surface area contributed by atoms with Crippen molar-refractivity contribution in [2.75, 3.05) is 0 Å². The molecule has 3 aliphatic rings. The molecular weight excluding hydrogens is 112 g/mol. The molecule has 0 N–H and O–H groups in total. The second-order valence-electron chi connectivity index (χ2n) is 3.77. The van der Waals surface area contributed by atoms with Crippen molar-refractivity contribution in [1.82, 2.24) is 0 Å². The molecule has 0 spiro atoms. The Morgan fingerprint density at radius 2 is 2.11 bits per heavy atom. The molecule has 1 nitrogen and oxygen atoms in total. The minimum atomic E-state index is 0.687. The van der Waals surface area contributed by atoms with Gasteiger partial charge in [0.2, 0.25) is 0 Å². The lowest BCUT2D eigenvalue weighted by Gasteiger charge is -2.17.